The van der Waals surface area contributed by atoms with Gasteiger partial charge in [0.1, 0.15) is 6.54 Å². The second-order valence-corrected chi connectivity index (χ2v) is 4.41. The number of hydrogen-bond acceptors (Lipinski definition) is 4. The van der Waals surface area contributed by atoms with Crippen molar-refractivity contribution in [1.82, 2.24) is 20.3 Å². The number of pyridine rings is 1. The summed E-state index contributed by atoms with van der Waals surface area (Å²) in [4.78, 5) is 40.4. The van der Waals surface area contributed by atoms with Gasteiger partial charge in [-0.2, -0.15) is 0 Å². The zero-order chi connectivity index (χ0) is 14.0. The minimum atomic E-state index is -0.516. The highest BCUT2D eigenvalue weighted by molar-refractivity contribution is 6.04. The summed E-state index contributed by atoms with van der Waals surface area (Å²) in [6.45, 7) is 3.33. The molecule has 1 aliphatic rings. The first-order valence-corrected chi connectivity index (χ1v) is 5.85. The van der Waals surface area contributed by atoms with E-state index >= 15 is 0 Å². The highest BCUT2D eigenvalue weighted by Gasteiger charge is 2.38. The number of carbonyl (C=O) groups is 3. The van der Waals surface area contributed by atoms with Crippen LogP contribution < -0.4 is 5.43 Å². The molecule has 0 radical (unpaired) electrons. The molecule has 7 nitrogen and oxygen atoms in total. The summed E-state index contributed by atoms with van der Waals surface area (Å²) in [5.41, 5.74) is 2.73. The lowest BCUT2D eigenvalue weighted by molar-refractivity contribution is -0.126. The summed E-state index contributed by atoms with van der Waals surface area (Å²) in [6, 6.07) is 2.44. The van der Waals surface area contributed by atoms with Crippen LogP contribution in [0.1, 0.15) is 24.2 Å². The van der Waals surface area contributed by atoms with Gasteiger partial charge in [0.05, 0.1) is 5.56 Å². The Bertz CT molecular complexity index is 515. The zero-order valence-electron chi connectivity index (χ0n) is 10.7. The highest BCUT2D eigenvalue weighted by Crippen LogP contribution is 2.12. The van der Waals surface area contributed by atoms with E-state index in [4.69, 9.17) is 0 Å². The van der Waals surface area contributed by atoms with E-state index < -0.39 is 11.9 Å². The lowest BCUT2D eigenvalue weighted by Crippen LogP contribution is -2.46. The zero-order valence-corrected chi connectivity index (χ0v) is 10.7. The van der Waals surface area contributed by atoms with Gasteiger partial charge in [-0.3, -0.25) is 24.9 Å². The number of carbonyl (C=O) groups excluding carboxylic acids is 3. The van der Waals surface area contributed by atoms with Gasteiger partial charge in [0.15, 0.2) is 0 Å². The monoisotopic (exact) mass is 262 g/mol. The van der Waals surface area contributed by atoms with E-state index in [0.717, 1.165) is 9.91 Å². The summed E-state index contributed by atoms with van der Waals surface area (Å²) in [7, 11) is 0. The van der Waals surface area contributed by atoms with Crippen LogP contribution in [0, 0.1) is 0 Å². The molecule has 1 aliphatic heterocycles. The molecule has 19 heavy (non-hydrogen) atoms. The fourth-order valence-electron chi connectivity index (χ4n) is 1.80. The van der Waals surface area contributed by atoms with Gasteiger partial charge in [0, 0.05) is 18.4 Å². The van der Waals surface area contributed by atoms with Crippen LogP contribution in [0.15, 0.2) is 24.5 Å². The van der Waals surface area contributed by atoms with Crippen LogP contribution in [0.2, 0.25) is 0 Å². The second-order valence-electron chi connectivity index (χ2n) is 4.41. The first-order valence-electron chi connectivity index (χ1n) is 5.85. The predicted octanol–water partition coefficient (Wildman–Crippen LogP) is 0.399. The molecule has 0 aliphatic carbocycles. The van der Waals surface area contributed by atoms with E-state index in [1.165, 1.54) is 6.20 Å². The minimum Gasteiger partial charge on any atom is -0.272 e. The first kappa shape index (κ1) is 13.0. The number of aromatic nitrogens is 1. The number of hydrazine groups is 1. The number of urea groups is 1. The molecule has 1 aromatic rings. The van der Waals surface area contributed by atoms with Gasteiger partial charge in [-0.25, -0.2) is 9.80 Å². The Balaban J connectivity index is 2.07. The van der Waals surface area contributed by atoms with Crippen LogP contribution in [0.5, 0.6) is 0 Å². The smallest absolute Gasteiger partial charge is 0.272 e. The van der Waals surface area contributed by atoms with Gasteiger partial charge in [-0.15, -0.1) is 0 Å². The lowest BCUT2D eigenvalue weighted by Gasteiger charge is -2.20. The van der Waals surface area contributed by atoms with E-state index in [1.54, 1.807) is 32.2 Å². The summed E-state index contributed by atoms with van der Waals surface area (Å²) < 4.78 is 0. The van der Waals surface area contributed by atoms with Crippen molar-refractivity contribution >= 4 is 17.8 Å². The van der Waals surface area contributed by atoms with Crippen molar-refractivity contribution in [2.24, 2.45) is 0 Å². The van der Waals surface area contributed by atoms with Gasteiger partial charge < -0.3 is 0 Å². The van der Waals surface area contributed by atoms with Crippen molar-refractivity contribution in [2.75, 3.05) is 6.54 Å². The Morgan fingerprint density at radius 1 is 1.42 bits per heavy atom. The third-order valence-electron chi connectivity index (χ3n) is 2.68. The van der Waals surface area contributed by atoms with E-state index in [0.29, 0.717) is 5.56 Å². The Labute approximate surface area is 110 Å². The molecule has 1 aromatic heterocycles. The molecule has 1 saturated heterocycles. The molecular weight excluding hydrogens is 248 g/mol. The molecule has 0 unspecified atom stereocenters. The van der Waals surface area contributed by atoms with Crippen molar-refractivity contribution in [1.29, 1.82) is 0 Å². The Morgan fingerprint density at radius 3 is 2.68 bits per heavy atom. The normalized spacial score (nSPS) is 15.3. The van der Waals surface area contributed by atoms with Crippen molar-refractivity contribution in [3.05, 3.63) is 30.1 Å². The molecule has 1 fully saturated rings. The first-order chi connectivity index (χ1) is 9.00. The number of rotatable bonds is 3. The average molecular weight is 262 g/mol. The van der Waals surface area contributed by atoms with Gasteiger partial charge in [0.25, 0.3) is 11.8 Å². The number of imide groups is 1. The largest absolute Gasteiger partial charge is 0.346 e. The van der Waals surface area contributed by atoms with Gasteiger partial charge in [0.2, 0.25) is 0 Å². The molecule has 0 spiro atoms. The van der Waals surface area contributed by atoms with Crippen LogP contribution >= 0.6 is 0 Å². The number of hydrogen-bond donors (Lipinski definition) is 1. The number of amides is 4. The van der Waals surface area contributed by atoms with E-state index in [9.17, 15) is 14.4 Å². The molecule has 0 bridgehead atoms. The fourth-order valence-corrected chi connectivity index (χ4v) is 1.80. The van der Waals surface area contributed by atoms with Crippen molar-refractivity contribution in [3.8, 4) is 0 Å². The van der Waals surface area contributed by atoms with Crippen molar-refractivity contribution < 1.29 is 14.4 Å². The standard InChI is InChI=1S/C12H14N4O3/c1-8(2)16-10(17)7-15(12(16)19)14-11(18)9-4-3-5-13-6-9/h3-6,8H,7H2,1-2H3,(H,14,18). The van der Waals surface area contributed by atoms with E-state index in [1.807, 2.05) is 0 Å². The SMILES string of the molecule is CC(C)N1C(=O)CN(NC(=O)c2cccnc2)C1=O. The average Bonchev–Trinajstić information content (AvgIpc) is 2.65. The second kappa shape index (κ2) is 5.05. The van der Waals surface area contributed by atoms with Gasteiger partial charge >= 0.3 is 6.03 Å². The summed E-state index contributed by atoms with van der Waals surface area (Å²) in [5.74, 6) is -0.800. The number of nitrogens with one attached hydrogen (secondary N) is 1. The van der Waals surface area contributed by atoms with Gasteiger partial charge in [-0.1, -0.05) is 0 Å². The molecule has 7 heteroatoms. The van der Waals surface area contributed by atoms with Crippen LogP contribution in [-0.2, 0) is 4.79 Å². The van der Waals surface area contributed by atoms with Crippen LogP contribution in [0.4, 0.5) is 4.79 Å². The molecule has 0 aromatic carbocycles. The summed E-state index contributed by atoms with van der Waals surface area (Å²) in [6.07, 6.45) is 2.93. The van der Waals surface area contributed by atoms with Crippen LogP contribution in [0.3, 0.4) is 0 Å². The molecule has 0 saturated carbocycles. The molecule has 100 valence electrons. The van der Waals surface area contributed by atoms with E-state index in [-0.39, 0.29) is 18.5 Å². The Morgan fingerprint density at radius 2 is 2.16 bits per heavy atom. The maximum Gasteiger partial charge on any atom is 0.346 e. The maximum atomic E-state index is 11.9. The van der Waals surface area contributed by atoms with Crippen LogP contribution in [0.25, 0.3) is 0 Å². The fraction of sp³-hybridized carbons (Fsp3) is 0.333. The topological polar surface area (TPSA) is 82.6 Å². The number of nitrogens with zero attached hydrogens (tertiary/aromatic N) is 3. The lowest BCUT2D eigenvalue weighted by atomic mass is 10.3. The molecule has 4 amide bonds. The Kier molecular flexibility index (Phi) is 3.46. The minimum absolute atomic E-state index is 0.150. The van der Waals surface area contributed by atoms with Crippen LogP contribution in [-0.4, -0.2) is 45.3 Å². The quantitative estimate of drug-likeness (QED) is 0.799. The molecule has 2 rings (SSSR count). The summed E-state index contributed by atoms with van der Waals surface area (Å²) in [5, 5.41) is 1.01. The Hall–Kier alpha value is -2.44. The third kappa shape index (κ3) is 2.54. The molecule has 2 heterocycles. The molecule has 0 atom stereocenters. The summed E-state index contributed by atoms with van der Waals surface area (Å²) >= 11 is 0. The molecular formula is C12H14N4O3. The maximum absolute atomic E-state index is 11.9. The predicted molar refractivity (Wildman–Crippen MR) is 65.8 cm³/mol. The molecule has 1 N–H and O–H groups in total. The van der Waals surface area contributed by atoms with E-state index in [2.05, 4.69) is 10.4 Å². The third-order valence-corrected chi connectivity index (χ3v) is 2.68. The highest BCUT2D eigenvalue weighted by atomic mass is 16.2. The van der Waals surface area contributed by atoms with Crippen molar-refractivity contribution in [3.63, 3.8) is 0 Å². The van der Waals surface area contributed by atoms with Gasteiger partial charge in [-0.05, 0) is 26.0 Å². The van der Waals surface area contributed by atoms with Crippen molar-refractivity contribution in [2.45, 2.75) is 19.9 Å².